The van der Waals surface area contributed by atoms with Crippen molar-refractivity contribution in [3.8, 4) is 0 Å². The van der Waals surface area contributed by atoms with Crippen molar-refractivity contribution in [2.24, 2.45) is 0 Å². The lowest BCUT2D eigenvalue weighted by atomic mass is 10.0. The molecule has 1 aliphatic rings. The highest BCUT2D eigenvalue weighted by Crippen LogP contribution is 2.33. The zero-order valence-corrected chi connectivity index (χ0v) is 15.6. The molecule has 1 aromatic carbocycles. The number of carbonyl (C=O) groups is 2. The Hall–Kier alpha value is -2.50. The molecule has 0 N–H and O–H groups in total. The number of ether oxygens (including phenoxy) is 1. The van der Waals surface area contributed by atoms with E-state index in [1.165, 1.54) is 18.3 Å². The number of methoxy groups -OCH3 is 1. The maximum atomic E-state index is 12.9. The molecule has 2 aromatic rings. The number of rotatable bonds is 4. The summed E-state index contributed by atoms with van der Waals surface area (Å²) >= 11 is 12.0. The molecule has 1 aromatic heterocycles. The van der Waals surface area contributed by atoms with Gasteiger partial charge in [-0.05, 0) is 42.8 Å². The Morgan fingerprint density at radius 2 is 2.04 bits per heavy atom. The zero-order chi connectivity index (χ0) is 18.8. The lowest BCUT2D eigenvalue weighted by Crippen LogP contribution is -2.24. The molecule has 0 saturated carbocycles. The molecule has 134 valence electrons. The Bertz CT molecular complexity index is 929. The van der Waals surface area contributed by atoms with Gasteiger partial charge in [-0.25, -0.2) is 4.79 Å². The lowest BCUT2D eigenvalue weighted by molar-refractivity contribution is -0.136. The molecule has 0 spiro atoms. The van der Waals surface area contributed by atoms with Gasteiger partial charge in [0.25, 0.3) is 5.91 Å². The maximum absolute atomic E-state index is 12.9. The molecule has 0 aliphatic carbocycles. The highest BCUT2D eigenvalue weighted by molar-refractivity contribution is 6.42. The SMILES string of the molecule is COC(=O)C1=C(C)N(Cc2ccco2)C(=O)C1=Cc1ccc(Cl)c(Cl)c1. The predicted octanol–water partition coefficient (Wildman–Crippen LogP) is 4.46. The van der Waals surface area contributed by atoms with Crippen molar-refractivity contribution in [3.05, 3.63) is 74.8 Å². The largest absolute Gasteiger partial charge is 0.467 e. The molecular weight excluding hydrogens is 377 g/mol. The van der Waals surface area contributed by atoms with Crippen LogP contribution in [0.4, 0.5) is 0 Å². The van der Waals surface area contributed by atoms with E-state index in [4.69, 9.17) is 32.4 Å². The molecule has 2 heterocycles. The van der Waals surface area contributed by atoms with E-state index in [-0.39, 0.29) is 23.6 Å². The van der Waals surface area contributed by atoms with Crippen molar-refractivity contribution in [3.63, 3.8) is 0 Å². The van der Waals surface area contributed by atoms with Crippen molar-refractivity contribution in [1.29, 1.82) is 0 Å². The van der Waals surface area contributed by atoms with E-state index in [1.54, 1.807) is 43.3 Å². The molecular formula is C19H15Cl2NO4. The Labute approximate surface area is 160 Å². The van der Waals surface area contributed by atoms with Crippen LogP contribution >= 0.6 is 23.2 Å². The highest BCUT2D eigenvalue weighted by atomic mass is 35.5. The second-order valence-electron chi connectivity index (χ2n) is 5.65. The van der Waals surface area contributed by atoms with Gasteiger partial charge in [0.1, 0.15) is 5.76 Å². The third-order valence-electron chi connectivity index (χ3n) is 4.05. The molecule has 1 aliphatic heterocycles. The van der Waals surface area contributed by atoms with Gasteiger partial charge in [-0.15, -0.1) is 0 Å². The molecule has 0 unspecified atom stereocenters. The molecule has 5 nitrogen and oxygen atoms in total. The van der Waals surface area contributed by atoms with Gasteiger partial charge in [-0.1, -0.05) is 29.3 Å². The van der Waals surface area contributed by atoms with E-state index >= 15 is 0 Å². The summed E-state index contributed by atoms with van der Waals surface area (Å²) in [6.07, 6.45) is 3.13. The van der Waals surface area contributed by atoms with Crippen LogP contribution in [0.3, 0.4) is 0 Å². The summed E-state index contributed by atoms with van der Waals surface area (Å²) in [7, 11) is 1.28. The van der Waals surface area contributed by atoms with E-state index in [2.05, 4.69) is 0 Å². The number of hydrogen-bond acceptors (Lipinski definition) is 4. The second kappa shape index (κ2) is 7.40. The Morgan fingerprint density at radius 1 is 1.27 bits per heavy atom. The van der Waals surface area contributed by atoms with E-state index < -0.39 is 5.97 Å². The Morgan fingerprint density at radius 3 is 2.65 bits per heavy atom. The van der Waals surface area contributed by atoms with Crippen LogP contribution in [0.2, 0.25) is 10.0 Å². The fraction of sp³-hybridized carbons (Fsp3) is 0.158. The first-order valence-corrected chi connectivity index (χ1v) is 8.48. The van der Waals surface area contributed by atoms with Crippen molar-refractivity contribution in [2.45, 2.75) is 13.5 Å². The summed E-state index contributed by atoms with van der Waals surface area (Å²) in [4.78, 5) is 26.7. The molecule has 26 heavy (non-hydrogen) atoms. The molecule has 0 radical (unpaired) electrons. The fourth-order valence-corrected chi connectivity index (χ4v) is 3.05. The van der Waals surface area contributed by atoms with Gasteiger partial charge < -0.3 is 14.1 Å². The van der Waals surface area contributed by atoms with Gasteiger partial charge in [-0.2, -0.15) is 0 Å². The number of furan rings is 1. The summed E-state index contributed by atoms with van der Waals surface area (Å²) in [5.41, 5.74) is 1.61. The van der Waals surface area contributed by atoms with Gasteiger partial charge in [-0.3, -0.25) is 4.79 Å². The zero-order valence-electron chi connectivity index (χ0n) is 14.1. The number of amides is 1. The van der Waals surface area contributed by atoms with Crippen LogP contribution in [0.5, 0.6) is 0 Å². The van der Waals surface area contributed by atoms with E-state index in [9.17, 15) is 9.59 Å². The molecule has 3 rings (SSSR count). The molecule has 0 bridgehead atoms. The van der Waals surface area contributed by atoms with Crippen LogP contribution in [0.1, 0.15) is 18.2 Å². The molecule has 7 heteroatoms. The first-order chi connectivity index (χ1) is 12.4. The van der Waals surface area contributed by atoms with Crippen LogP contribution in [0.15, 0.2) is 57.9 Å². The average Bonchev–Trinajstić information content (AvgIpc) is 3.21. The third kappa shape index (κ3) is 3.41. The minimum atomic E-state index is -0.580. The Balaban J connectivity index is 2.04. The minimum Gasteiger partial charge on any atom is -0.467 e. The van der Waals surface area contributed by atoms with E-state index in [0.717, 1.165) is 0 Å². The number of halogens is 2. The van der Waals surface area contributed by atoms with Gasteiger partial charge in [0, 0.05) is 5.70 Å². The van der Waals surface area contributed by atoms with Gasteiger partial charge in [0.2, 0.25) is 0 Å². The highest BCUT2D eigenvalue weighted by Gasteiger charge is 2.37. The van der Waals surface area contributed by atoms with Crippen molar-refractivity contribution in [2.75, 3.05) is 7.11 Å². The molecule has 0 atom stereocenters. The number of esters is 1. The third-order valence-corrected chi connectivity index (χ3v) is 4.79. The predicted molar refractivity (Wildman–Crippen MR) is 98.4 cm³/mol. The van der Waals surface area contributed by atoms with E-state index in [0.29, 0.717) is 27.1 Å². The lowest BCUT2D eigenvalue weighted by Gasteiger charge is -2.16. The summed E-state index contributed by atoms with van der Waals surface area (Å²) in [5, 5.41) is 0.769. The van der Waals surface area contributed by atoms with Crippen LogP contribution < -0.4 is 0 Å². The van der Waals surface area contributed by atoms with Gasteiger partial charge in [0.15, 0.2) is 0 Å². The number of nitrogens with zero attached hydrogens (tertiary/aromatic N) is 1. The van der Waals surface area contributed by atoms with Gasteiger partial charge in [0.05, 0.1) is 41.1 Å². The van der Waals surface area contributed by atoms with Crippen molar-refractivity contribution >= 4 is 41.2 Å². The molecule has 0 saturated heterocycles. The summed E-state index contributed by atoms with van der Waals surface area (Å²) in [6.45, 7) is 1.92. The van der Waals surface area contributed by atoms with Gasteiger partial charge >= 0.3 is 5.97 Å². The number of hydrogen-bond donors (Lipinski definition) is 0. The Kier molecular flexibility index (Phi) is 5.20. The van der Waals surface area contributed by atoms with E-state index in [1.807, 2.05) is 0 Å². The number of allylic oxidation sites excluding steroid dienone is 1. The summed E-state index contributed by atoms with van der Waals surface area (Å²) in [5.74, 6) is -0.285. The van der Waals surface area contributed by atoms with Crippen molar-refractivity contribution in [1.82, 2.24) is 4.90 Å². The topological polar surface area (TPSA) is 59.8 Å². The molecule has 0 fully saturated rings. The monoisotopic (exact) mass is 391 g/mol. The first kappa shape index (κ1) is 18.3. The van der Waals surface area contributed by atoms with Crippen LogP contribution in [0, 0.1) is 0 Å². The standard InChI is InChI=1S/C19H15Cl2NO4/c1-11-17(19(24)25-2)14(8-12-5-6-15(20)16(21)9-12)18(23)22(11)10-13-4-3-7-26-13/h3-9H,10H2,1-2H3. The van der Waals surface area contributed by atoms with Crippen LogP contribution in [-0.2, 0) is 20.9 Å². The quantitative estimate of drug-likeness (QED) is 0.570. The fourth-order valence-electron chi connectivity index (χ4n) is 2.75. The van der Waals surface area contributed by atoms with Crippen LogP contribution in [-0.4, -0.2) is 23.9 Å². The summed E-state index contributed by atoms with van der Waals surface area (Å²) in [6, 6.07) is 8.48. The maximum Gasteiger partial charge on any atom is 0.340 e. The average molecular weight is 392 g/mol. The minimum absolute atomic E-state index is 0.218. The second-order valence-corrected chi connectivity index (χ2v) is 6.47. The van der Waals surface area contributed by atoms with Crippen LogP contribution in [0.25, 0.3) is 6.08 Å². The number of benzene rings is 1. The van der Waals surface area contributed by atoms with Crippen molar-refractivity contribution < 1.29 is 18.7 Å². The molecule has 1 amide bonds. The summed E-state index contributed by atoms with van der Waals surface area (Å²) < 4.78 is 10.2. The first-order valence-electron chi connectivity index (χ1n) is 7.73. The smallest absolute Gasteiger partial charge is 0.340 e. The normalized spacial score (nSPS) is 15.9. The number of carbonyl (C=O) groups excluding carboxylic acids is 2.